The van der Waals surface area contributed by atoms with Crippen molar-refractivity contribution in [2.75, 3.05) is 7.05 Å². The number of nitrogens with zero attached hydrogens (tertiary/aromatic N) is 2. The molecule has 0 spiro atoms. The summed E-state index contributed by atoms with van der Waals surface area (Å²) < 4.78 is 0. The smallest absolute Gasteiger partial charge is 0.234 e. The molecule has 4 nitrogen and oxygen atoms in total. The van der Waals surface area contributed by atoms with Crippen molar-refractivity contribution in [2.24, 2.45) is 0 Å². The number of likely N-dealkylation sites (N-methyl/N-ethyl adjacent to an activating group) is 1. The van der Waals surface area contributed by atoms with Crippen LogP contribution in [0.5, 0.6) is 0 Å². The molecule has 3 aromatic rings. The number of pyridine rings is 1. The summed E-state index contributed by atoms with van der Waals surface area (Å²) in [4.78, 5) is 20.8. The first-order valence-electron chi connectivity index (χ1n) is 6.92. The van der Waals surface area contributed by atoms with E-state index in [-0.39, 0.29) is 11.8 Å². The number of aromatic nitrogens is 2. The molecule has 3 rings (SSSR count). The van der Waals surface area contributed by atoms with Crippen LogP contribution >= 0.6 is 11.3 Å². The Bertz CT molecular complexity index is 739. The van der Waals surface area contributed by atoms with Crippen molar-refractivity contribution in [3.63, 3.8) is 0 Å². The minimum atomic E-state index is -0.372. The van der Waals surface area contributed by atoms with E-state index in [0.717, 1.165) is 21.8 Å². The molecule has 0 aliphatic heterocycles. The number of hydrogen-bond acceptors (Lipinski definition) is 4. The van der Waals surface area contributed by atoms with Gasteiger partial charge in [-0.25, -0.2) is 4.98 Å². The molecule has 0 radical (unpaired) electrons. The third-order valence-electron chi connectivity index (χ3n) is 3.41. The van der Waals surface area contributed by atoms with Crippen molar-refractivity contribution in [3.05, 3.63) is 70.8 Å². The van der Waals surface area contributed by atoms with E-state index in [1.165, 1.54) is 11.3 Å². The average Bonchev–Trinajstić information content (AvgIpc) is 3.10. The summed E-state index contributed by atoms with van der Waals surface area (Å²) in [5.41, 5.74) is 2.87. The molecule has 1 aromatic carbocycles. The predicted octanol–water partition coefficient (Wildman–Crippen LogP) is 3.08. The number of thiazole rings is 1. The van der Waals surface area contributed by atoms with Gasteiger partial charge in [0, 0.05) is 30.4 Å². The second kappa shape index (κ2) is 6.49. The van der Waals surface area contributed by atoms with Gasteiger partial charge in [0.05, 0.1) is 5.69 Å². The fraction of sp³-hybridized carbons (Fsp3) is 0.118. The van der Waals surface area contributed by atoms with E-state index in [0.29, 0.717) is 0 Å². The molecule has 1 unspecified atom stereocenters. The topological polar surface area (TPSA) is 54.9 Å². The Hall–Kier alpha value is -2.53. The van der Waals surface area contributed by atoms with Crippen LogP contribution in [0, 0.1) is 0 Å². The van der Waals surface area contributed by atoms with Crippen LogP contribution in [-0.2, 0) is 4.79 Å². The molecule has 0 fully saturated rings. The van der Waals surface area contributed by atoms with Gasteiger partial charge in [-0.2, -0.15) is 0 Å². The van der Waals surface area contributed by atoms with Crippen molar-refractivity contribution in [2.45, 2.75) is 5.92 Å². The summed E-state index contributed by atoms with van der Waals surface area (Å²) in [5, 5.41) is 5.39. The SMILES string of the molecule is CNC(=O)C(c1ccc(-c2ccccn2)cc1)c1nccs1. The maximum atomic E-state index is 12.2. The Labute approximate surface area is 132 Å². The highest BCUT2D eigenvalue weighted by Crippen LogP contribution is 2.28. The van der Waals surface area contributed by atoms with Crippen LogP contribution < -0.4 is 5.32 Å². The Balaban J connectivity index is 1.95. The van der Waals surface area contributed by atoms with Crippen molar-refractivity contribution in [1.29, 1.82) is 0 Å². The Kier molecular flexibility index (Phi) is 4.25. The van der Waals surface area contributed by atoms with Gasteiger partial charge in [0.1, 0.15) is 10.9 Å². The van der Waals surface area contributed by atoms with Gasteiger partial charge in [-0.3, -0.25) is 9.78 Å². The van der Waals surface area contributed by atoms with Crippen LogP contribution in [0.3, 0.4) is 0 Å². The monoisotopic (exact) mass is 309 g/mol. The summed E-state index contributed by atoms with van der Waals surface area (Å²) in [6.07, 6.45) is 3.49. The van der Waals surface area contributed by atoms with Crippen molar-refractivity contribution in [1.82, 2.24) is 15.3 Å². The number of amides is 1. The standard InChI is InChI=1S/C17H15N3OS/c1-18-16(21)15(17-20-10-11-22-17)13-7-5-12(6-8-13)14-4-2-3-9-19-14/h2-11,15H,1H3,(H,18,21). The number of rotatable bonds is 4. The maximum absolute atomic E-state index is 12.2. The van der Waals surface area contributed by atoms with Crippen LogP contribution in [0.4, 0.5) is 0 Å². The summed E-state index contributed by atoms with van der Waals surface area (Å²) in [6.45, 7) is 0. The van der Waals surface area contributed by atoms with Gasteiger partial charge in [-0.1, -0.05) is 30.3 Å². The lowest BCUT2D eigenvalue weighted by Gasteiger charge is -2.14. The first-order valence-corrected chi connectivity index (χ1v) is 7.80. The molecular formula is C17H15N3OS. The number of carbonyl (C=O) groups excluding carboxylic acids is 1. The zero-order valence-corrected chi connectivity index (χ0v) is 12.9. The highest BCUT2D eigenvalue weighted by Gasteiger charge is 2.24. The molecule has 22 heavy (non-hydrogen) atoms. The Morgan fingerprint density at radius 1 is 1.09 bits per heavy atom. The van der Waals surface area contributed by atoms with E-state index in [1.807, 2.05) is 47.8 Å². The molecule has 0 aliphatic rings. The molecule has 0 saturated carbocycles. The number of carbonyl (C=O) groups is 1. The fourth-order valence-electron chi connectivity index (χ4n) is 2.31. The Morgan fingerprint density at radius 2 is 1.91 bits per heavy atom. The second-order valence-corrected chi connectivity index (χ2v) is 5.68. The van der Waals surface area contributed by atoms with Gasteiger partial charge in [0.25, 0.3) is 0 Å². The van der Waals surface area contributed by atoms with Crippen molar-refractivity contribution < 1.29 is 4.79 Å². The Morgan fingerprint density at radius 3 is 2.50 bits per heavy atom. The van der Waals surface area contributed by atoms with E-state index in [1.54, 1.807) is 19.4 Å². The lowest BCUT2D eigenvalue weighted by Crippen LogP contribution is -2.26. The normalized spacial score (nSPS) is 11.9. The van der Waals surface area contributed by atoms with Gasteiger partial charge in [0.15, 0.2) is 0 Å². The van der Waals surface area contributed by atoms with E-state index in [9.17, 15) is 4.79 Å². The van der Waals surface area contributed by atoms with E-state index in [4.69, 9.17) is 0 Å². The van der Waals surface area contributed by atoms with Gasteiger partial charge in [-0.05, 0) is 17.7 Å². The molecule has 0 aliphatic carbocycles. The minimum Gasteiger partial charge on any atom is -0.358 e. The average molecular weight is 309 g/mol. The van der Waals surface area contributed by atoms with Crippen LogP contribution in [0.1, 0.15) is 16.5 Å². The summed E-state index contributed by atoms with van der Waals surface area (Å²) in [5.74, 6) is -0.427. The van der Waals surface area contributed by atoms with Crippen LogP contribution in [0.15, 0.2) is 60.2 Å². The fourth-order valence-corrected chi connectivity index (χ4v) is 3.07. The minimum absolute atomic E-state index is 0.0551. The van der Waals surface area contributed by atoms with Gasteiger partial charge < -0.3 is 5.32 Å². The number of hydrogen-bond donors (Lipinski definition) is 1. The van der Waals surface area contributed by atoms with Gasteiger partial charge >= 0.3 is 0 Å². The van der Waals surface area contributed by atoms with Gasteiger partial charge in [-0.15, -0.1) is 11.3 Å². The third kappa shape index (κ3) is 2.89. The van der Waals surface area contributed by atoms with E-state index >= 15 is 0 Å². The lowest BCUT2D eigenvalue weighted by atomic mass is 9.97. The number of nitrogens with one attached hydrogen (secondary N) is 1. The molecule has 2 aromatic heterocycles. The van der Waals surface area contributed by atoms with Crippen molar-refractivity contribution >= 4 is 17.2 Å². The zero-order chi connectivity index (χ0) is 15.4. The molecule has 2 heterocycles. The first kappa shape index (κ1) is 14.4. The molecule has 1 atom stereocenters. The summed E-state index contributed by atoms with van der Waals surface area (Å²) >= 11 is 1.49. The first-order chi connectivity index (χ1) is 10.8. The molecule has 5 heteroatoms. The quantitative estimate of drug-likeness (QED) is 0.806. The molecular weight excluding hydrogens is 294 g/mol. The highest BCUT2D eigenvalue weighted by molar-refractivity contribution is 7.09. The van der Waals surface area contributed by atoms with Crippen molar-refractivity contribution in [3.8, 4) is 11.3 Å². The van der Waals surface area contributed by atoms with Crippen LogP contribution in [0.25, 0.3) is 11.3 Å². The maximum Gasteiger partial charge on any atom is 0.234 e. The summed E-state index contributed by atoms with van der Waals surface area (Å²) in [6, 6.07) is 13.7. The third-order valence-corrected chi connectivity index (χ3v) is 4.25. The van der Waals surface area contributed by atoms with Crippen LogP contribution in [0.2, 0.25) is 0 Å². The van der Waals surface area contributed by atoms with E-state index in [2.05, 4.69) is 15.3 Å². The second-order valence-electron chi connectivity index (χ2n) is 4.75. The molecule has 0 saturated heterocycles. The molecule has 1 N–H and O–H groups in total. The molecule has 0 bridgehead atoms. The predicted molar refractivity (Wildman–Crippen MR) is 87.7 cm³/mol. The molecule has 110 valence electrons. The van der Waals surface area contributed by atoms with E-state index < -0.39 is 0 Å². The summed E-state index contributed by atoms with van der Waals surface area (Å²) in [7, 11) is 1.64. The zero-order valence-electron chi connectivity index (χ0n) is 12.1. The van der Waals surface area contributed by atoms with Crippen LogP contribution in [-0.4, -0.2) is 22.9 Å². The highest BCUT2D eigenvalue weighted by atomic mass is 32.1. The number of benzene rings is 1. The molecule has 1 amide bonds. The largest absolute Gasteiger partial charge is 0.358 e. The lowest BCUT2D eigenvalue weighted by molar-refractivity contribution is -0.121. The van der Waals surface area contributed by atoms with Gasteiger partial charge in [0.2, 0.25) is 5.91 Å².